The van der Waals surface area contributed by atoms with Crippen molar-refractivity contribution in [3.05, 3.63) is 35.9 Å². The second kappa shape index (κ2) is 5.22. The molecule has 0 aliphatic heterocycles. The summed E-state index contributed by atoms with van der Waals surface area (Å²) in [4.78, 5) is 0. The smallest absolute Gasteiger partial charge is 0.320 e. The summed E-state index contributed by atoms with van der Waals surface area (Å²) < 4.78 is 36.0. The molecule has 1 unspecified atom stereocenters. The molecule has 1 rings (SSSR count). The first-order valence-corrected chi connectivity index (χ1v) is 3.86. The molecule has 0 radical (unpaired) electrons. The highest BCUT2D eigenvalue weighted by Crippen LogP contribution is 2.21. The maximum atomic E-state index is 12.0. The predicted molar refractivity (Wildman–Crippen MR) is 51.4 cm³/mol. The molecule has 0 fully saturated rings. The molecule has 0 aliphatic carbocycles. The van der Waals surface area contributed by atoms with Gasteiger partial charge in [0.05, 0.1) is 0 Å². The van der Waals surface area contributed by atoms with Crippen molar-refractivity contribution in [1.82, 2.24) is 0 Å². The molecule has 0 saturated carbocycles. The van der Waals surface area contributed by atoms with Gasteiger partial charge in [-0.3, -0.25) is 0 Å². The fourth-order valence-corrected chi connectivity index (χ4v) is 0.984. The average Bonchev–Trinajstić information content (AvgIpc) is 2.04. The van der Waals surface area contributed by atoms with Crippen molar-refractivity contribution < 1.29 is 13.2 Å². The lowest BCUT2D eigenvalue weighted by Crippen LogP contribution is -2.39. The first kappa shape index (κ1) is 13.3. The molecule has 1 nitrogen and oxygen atoms in total. The van der Waals surface area contributed by atoms with E-state index < -0.39 is 12.2 Å². The van der Waals surface area contributed by atoms with Gasteiger partial charge in [-0.2, -0.15) is 13.2 Å². The van der Waals surface area contributed by atoms with Crippen molar-refractivity contribution in [2.45, 2.75) is 18.6 Å². The zero-order valence-corrected chi connectivity index (χ0v) is 8.11. The zero-order valence-electron chi connectivity index (χ0n) is 7.29. The molecule has 80 valence electrons. The van der Waals surface area contributed by atoms with E-state index in [4.69, 9.17) is 5.73 Å². The third kappa shape index (κ3) is 3.98. The number of nitrogens with two attached hydrogens (primary N) is 1. The van der Waals surface area contributed by atoms with Gasteiger partial charge in [0.2, 0.25) is 0 Å². The molecule has 0 saturated heterocycles. The predicted octanol–water partition coefficient (Wildman–Crippen LogP) is 2.54. The molecular formula is C9H11ClF3N. The van der Waals surface area contributed by atoms with Crippen LogP contribution in [0.4, 0.5) is 13.2 Å². The van der Waals surface area contributed by atoms with Crippen LogP contribution in [-0.4, -0.2) is 12.2 Å². The van der Waals surface area contributed by atoms with Gasteiger partial charge in [-0.15, -0.1) is 12.4 Å². The topological polar surface area (TPSA) is 26.0 Å². The van der Waals surface area contributed by atoms with Gasteiger partial charge in [-0.1, -0.05) is 30.3 Å². The Morgan fingerprint density at radius 2 is 1.64 bits per heavy atom. The van der Waals surface area contributed by atoms with Gasteiger partial charge >= 0.3 is 6.18 Å². The minimum absolute atomic E-state index is 0. The van der Waals surface area contributed by atoms with E-state index in [0.29, 0.717) is 5.56 Å². The van der Waals surface area contributed by atoms with Crippen molar-refractivity contribution in [3.8, 4) is 0 Å². The lowest BCUT2D eigenvalue weighted by molar-refractivity contribution is -0.147. The third-order valence-electron chi connectivity index (χ3n) is 1.72. The van der Waals surface area contributed by atoms with Crippen molar-refractivity contribution in [3.63, 3.8) is 0 Å². The molecule has 0 bridgehead atoms. The molecule has 0 aromatic heterocycles. The van der Waals surface area contributed by atoms with E-state index in [1.54, 1.807) is 30.3 Å². The Morgan fingerprint density at radius 1 is 1.14 bits per heavy atom. The van der Waals surface area contributed by atoms with Gasteiger partial charge in [-0.25, -0.2) is 0 Å². The molecule has 1 atom stereocenters. The van der Waals surface area contributed by atoms with E-state index in [1.807, 2.05) is 0 Å². The van der Waals surface area contributed by atoms with Crippen LogP contribution in [0.5, 0.6) is 0 Å². The highest BCUT2D eigenvalue weighted by atomic mass is 35.5. The van der Waals surface area contributed by atoms with Gasteiger partial charge in [0.1, 0.15) is 6.04 Å². The van der Waals surface area contributed by atoms with E-state index >= 15 is 0 Å². The number of hydrogen-bond donors (Lipinski definition) is 1. The Hall–Kier alpha value is -0.740. The van der Waals surface area contributed by atoms with Crippen LogP contribution < -0.4 is 5.73 Å². The molecule has 0 heterocycles. The van der Waals surface area contributed by atoms with Crippen LogP contribution >= 0.6 is 12.4 Å². The van der Waals surface area contributed by atoms with E-state index in [-0.39, 0.29) is 18.8 Å². The van der Waals surface area contributed by atoms with Gasteiger partial charge in [-0.05, 0) is 12.0 Å². The second-order valence-electron chi connectivity index (χ2n) is 2.84. The van der Waals surface area contributed by atoms with Crippen LogP contribution in [0.1, 0.15) is 5.56 Å². The highest BCUT2D eigenvalue weighted by Gasteiger charge is 2.36. The van der Waals surface area contributed by atoms with Gasteiger partial charge < -0.3 is 5.73 Å². The molecule has 1 aromatic rings. The minimum Gasteiger partial charge on any atom is -0.320 e. The summed E-state index contributed by atoms with van der Waals surface area (Å²) in [5.41, 5.74) is 5.56. The van der Waals surface area contributed by atoms with Gasteiger partial charge in [0, 0.05) is 0 Å². The monoisotopic (exact) mass is 225 g/mol. The summed E-state index contributed by atoms with van der Waals surface area (Å²) in [5.74, 6) is 0. The van der Waals surface area contributed by atoms with E-state index in [2.05, 4.69) is 0 Å². The maximum absolute atomic E-state index is 12.0. The van der Waals surface area contributed by atoms with Crippen molar-refractivity contribution in [2.24, 2.45) is 5.73 Å². The number of alkyl halides is 3. The van der Waals surface area contributed by atoms with Gasteiger partial charge in [0.15, 0.2) is 0 Å². The van der Waals surface area contributed by atoms with E-state index in [1.165, 1.54) is 0 Å². The van der Waals surface area contributed by atoms with Gasteiger partial charge in [0.25, 0.3) is 0 Å². The van der Waals surface area contributed by atoms with Crippen molar-refractivity contribution in [1.29, 1.82) is 0 Å². The van der Waals surface area contributed by atoms with Crippen molar-refractivity contribution in [2.75, 3.05) is 0 Å². The number of rotatable bonds is 2. The molecule has 5 heteroatoms. The number of hydrogen-bond acceptors (Lipinski definition) is 1. The lowest BCUT2D eigenvalue weighted by atomic mass is 10.1. The quantitative estimate of drug-likeness (QED) is 0.823. The van der Waals surface area contributed by atoms with Crippen LogP contribution in [0, 0.1) is 0 Å². The standard InChI is InChI=1S/C9H10F3N.ClH/c10-9(11,12)8(13)6-7-4-2-1-3-5-7;/h1-5,8H,6,13H2;1H. The maximum Gasteiger partial charge on any atom is 0.403 e. The Bertz CT molecular complexity index is 261. The summed E-state index contributed by atoms with van der Waals surface area (Å²) in [6, 6.07) is 6.63. The van der Waals surface area contributed by atoms with E-state index in [9.17, 15) is 13.2 Å². The first-order chi connectivity index (χ1) is 6.00. The molecule has 14 heavy (non-hydrogen) atoms. The highest BCUT2D eigenvalue weighted by molar-refractivity contribution is 5.85. The fourth-order valence-electron chi connectivity index (χ4n) is 0.984. The second-order valence-corrected chi connectivity index (χ2v) is 2.84. The summed E-state index contributed by atoms with van der Waals surface area (Å²) >= 11 is 0. The first-order valence-electron chi connectivity index (χ1n) is 3.86. The van der Waals surface area contributed by atoms with Crippen LogP contribution in [0.2, 0.25) is 0 Å². The Balaban J connectivity index is 0.00000169. The summed E-state index contributed by atoms with van der Waals surface area (Å²) in [5, 5.41) is 0. The van der Waals surface area contributed by atoms with Crippen LogP contribution in [0.15, 0.2) is 30.3 Å². The average molecular weight is 226 g/mol. The molecule has 0 spiro atoms. The largest absolute Gasteiger partial charge is 0.403 e. The minimum atomic E-state index is -4.31. The molecule has 1 aromatic carbocycles. The fraction of sp³-hybridized carbons (Fsp3) is 0.333. The van der Waals surface area contributed by atoms with Crippen LogP contribution in [0.3, 0.4) is 0 Å². The Labute approximate surface area is 86.5 Å². The van der Waals surface area contributed by atoms with Crippen LogP contribution in [0.25, 0.3) is 0 Å². The van der Waals surface area contributed by atoms with Crippen LogP contribution in [-0.2, 0) is 6.42 Å². The SMILES string of the molecule is Cl.NC(Cc1ccccc1)C(F)(F)F. The van der Waals surface area contributed by atoms with E-state index in [0.717, 1.165) is 0 Å². The zero-order chi connectivity index (χ0) is 9.90. The summed E-state index contributed by atoms with van der Waals surface area (Å²) in [7, 11) is 0. The molecular weight excluding hydrogens is 215 g/mol. The lowest BCUT2D eigenvalue weighted by Gasteiger charge is -2.14. The molecule has 0 aliphatic rings. The number of halogens is 4. The summed E-state index contributed by atoms with van der Waals surface area (Å²) in [6.07, 6.45) is -4.47. The normalized spacial score (nSPS) is 13.1. The number of benzene rings is 1. The molecule has 2 N–H and O–H groups in total. The van der Waals surface area contributed by atoms with Crippen molar-refractivity contribution >= 4 is 12.4 Å². The Morgan fingerprint density at radius 3 is 2.07 bits per heavy atom. The Kier molecular flexibility index (Phi) is 4.94. The molecule has 0 amide bonds. The summed E-state index contributed by atoms with van der Waals surface area (Å²) in [6.45, 7) is 0. The third-order valence-corrected chi connectivity index (χ3v) is 1.72.